The number of carbonyl (C=O) groups excluding carboxylic acids is 1. The number of likely N-dealkylation sites (N-methyl/N-ethyl adjacent to an activating group) is 2. The molecule has 1 saturated carbocycles. The fourth-order valence-corrected chi connectivity index (χ4v) is 10.8. The van der Waals surface area contributed by atoms with Gasteiger partial charge in [-0.3, -0.25) is 4.79 Å². The first-order valence-electron chi connectivity index (χ1n) is 15.6. The van der Waals surface area contributed by atoms with E-state index in [-0.39, 0.29) is 40.3 Å². The second-order valence-electron chi connectivity index (χ2n) is 14.0. The van der Waals surface area contributed by atoms with Gasteiger partial charge in [-0.05, 0) is 88.5 Å². The Balaban J connectivity index is 0.000000119. The molecule has 4 bridgehead atoms. The van der Waals surface area contributed by atoms with Crippen LogP contribution in [-0.4, -0.2) is 88.5 Å². The summed E-state index contributed by atoms with van der Waals surface area (Å²) in [6.45, 7) is 2.01. The number of benzene rings is 2. The Morgan fingerprint density at radius 1 is 0.833 bits per heavy atom. The van der Waals surface area contributed by atoms with E-state index < -0.39 is 6.10 Å². The predicted octanol–water partition coefficient (Wildman–Crippen LogP) is 2.83. The average molecular weight is 571 g/mol. The van der Waals surface area contributed by atoms with Gasteiger partial charge in [0, 0.05) is 46.4 Å². The first-order chi connectivity index (χ1) is 20.3. The third-order valence-corrected chi connectivity index (χ3v) is 12.5. The van der Waals surface area contributed by atoms with Gasteiger partial charge in [-0.1, -0.05) is 24.3 Å². The molecule has 0 aromatic heterocycles. The standard InChI is InChI=1S/2C17H19NO3/c2*1-18-7-6-17-10-3-5-13(20)16(17)21-15-12(19)4-2-9(14(15)17)8-11(10)18/h2,4,10-11,16,19H,3,5-8H2,1H3;2-5,10-11,13,16,19-20H,6-8H2,1H3/t10-,11+,16-,17-;10-,11+,13-,16-,17-/m00/s1. The van der Waals surface area contributed by atoms with Crippen molar-refractivity contribution in [2.45, 2.75) is 79.8 Å². The number of carbonyl (C=O) groups is 1. The molecular formula is C34H38N2O6. The number of aliphatic hydroxyl groups is 1. The molecule has 4 heterocycles. The van der Waals surface area contributed by atoms with Gasteiger partial charge in [0.2, 0.25) is 0 Å². The summed E-state index contributed by atoms with van der Waals surface area (Å²) in [5, 5.41) is 30.8. The van der Waals surface area contributed by atoms with E-state index >= 15 is 0 Å². The molecule has 8 nitrogen and oxygen atoms in total. The third-order valence-electron chi connectivity index (χ3n) is 12.5. The highest BCUT2D eigenvalue weighted by Gasteiger charge is 2.66. The first-order valence-corrected chi connectivity index (χ1v) is 15.6. The maximum absolute atomic E-state index is 12.5. The Hall–Kier alpha value is -3.07. The number of ether oxygens (including phenoxy) is 2. The second kappa shape index (κ2) is 8.30. The molecule has 0 unspecified atom stereocenters. The topological polar surface area (TPSA) is 103 Å². The molecule has 220 valence electrons. The van der Waals surface area contributed by atoms with E-state index in [1.54, 1.807) is 12.1 Å². The van der Waals surface area contributed by atoms with Crippen LogP contribution in [0, 0.1) is 11.8 Å². The van der Waals surface area contributed by atoms with Gasteiger partial charge in [-0.25, -0.2) is 0 Å². The fraction of sp³-hybridized carbons (Fsp3) is 0.559. The van der Waals surface area contributed by atoms with Gasteiger partial charge < -0.3 is 34.6 Å². The van der Waals surface area contributed by atoms with Gasteiger partial charge in [-0.2, -0.15) is 0 Å². The summed E-state index contributed by atoms with van der Waals surface area (Å²) >= 11 is 0. The Kier molecular flexibility index (Phi) is 5.03. The normalized spacial score (nSPS) is 41.2. The quantitative estimate of drug-likeness (QED) is 0.416. The molecule has 10 rings (SSSR count). The van der Waals surface area contributed by atoms with E-state index in [4.69, 9.17) is 9.47 Å². The van der Waals surface area contributed by atoms with E-state index in [0.717, 1.165) is 50.8 Å². The summed E-state index contributed by atoms with van der Waals surface area (Å²) in [7, 11) is 4.39. The number of ketones is 1. The monoisotopic (exact) mass is 570 g/mol. The number of phenolic OH excluding ortho intramolecular Hbond substituents is 2. The Morgan fingerprint density at radius 2 is 1.45 bits per heavy atom. The van der Waals surface area contributed by atoms with Crippen molar-refractivity contribution < 1.29 is 29.6 Å². The van der Waals surface area contributed by atoms with Crippen molar-refractivity contribution in [3.63, 3.8) is 0 Å². The smallest absolute Gasteiger partial charge is 0.174 e. The van der Waals surface area contributed by atoms with E-state index in [9.17, 15) is 20.1 Å². The van der Waals surface area contributed by atoms with Crippen LogP contribution in [0.4, 0.5) is 0 Å². The molecule has 3 N–H and O–H groups in total. The van der Waals surface area contributed by atoms with Crippen LogP contribution < -0.4 is 9.47 Å². The third kappa shape index (κ3) is 2.87. The molecule has 9 atom stereocenters. The lowest BCUT2D eigenvalue weighted by Gasteiger charge is -2.57. The average Bonchev–Trinajstić information content (AvgIpc) is 3.52. The molecular weight excluding hydrogens is 532 g/mol. The van der Waals surface area contributed by atoms with Crippen LogP contribution in [0.15, 0.2) is 36.4 Å². The molecule has 4 aliphatic carbocycles. The number of hydrogen-bond donors (Lipinski definition) is 3. The SMILES string of the molecule is CN1CC[C@]23c4c5ccc(O)c4O[C@H]2C(=O)CC[C@H]3[C@H]1C5.CN1CC[C@]23c4c5ccc(O)c4O[C@H]2[C@@H](O)C=C[C@H]3[C@H]1C5. The van der Waals surface area contributed by atoms with E-state index in [0.29, 0.717) is 41.8 Å². The zero-order valence-electron chi connectivity index (χ0n) is 24.1. The number of likely N-dealkylation sites (tertiary alicyclic amines) is 2. The predicted molar refractivity (Wildman–Crippen MR) is 154 cm³/mol. The van der Waals surface area contributed by atoms with E-state index in [2.05, 4.69) is 30.0 Å². The van der Waals surface area contributed by atoms with Crippen LogP contribution in [0.25, 0.3) is 0 Å². The maximum atomic E-state index is 12.5. The van der Waals surface area contributed by atoms with Crippen LogP contribution in [0.2, 0.25) is 0 Å². The molecule has 8 aliphatic rings. The summed E-state index contributed by atoms with van der Waals surface area (Å²) in [6, 6.07) is 8.48. The first kappa shape index (κ1) is 25.4. The summed E-state index contributed by atoms with van der Waals surface area (Å²) < 4.78 is 12.1. The number of phenols is 2. The zero-order chi connectivity index (χ0) is 28.7. The molecule has 8 heteroatoms. The van der Waals surface area contributed by atoms with E-state index in [1.807, 2.05) is 18.2 Å². The van der Waals surface area contributed by atoms with Gasteiger partial charge in [0.1, 0.15) is 12.2 Å². The molecule has 0 amide bonds. The van der Waals surface area contributed by atoms with Crippen molar-refractivity contribution in [2.75, 3.05) is 27.2 Å². The molecule has 2 spiro atoms. The lowest BCUT2D eigenvalue weighted by molar-refractivity contribution is -0.138. The molecule has 2 saturated heterocycles. The largest absolute Gasteiger partial charge is 0.504 e. The Morgan fingerprint density at radius 3 is 2.19 bits per heavy atom. The summed E-state index contributed by atoms with van der Waals surface area (Å²) in [5.41, 5.74) is 4.55. The molecule has 2 aromatic rings. The number of aliphatic hydroxyl groups excluding tert-OH is 1. The molecule has 2 aromatic carbocycles. The van der Waals surface area contributed by atoms with Gasteiger partial charge in [0.25, 0.3) is 0 Å². The van der Waals surface area contributed by atoms with Crippen molar-refractivity contribution in [3.8, 4) is 23.0 Å². The minimum atomic E-state index is -0.594. The number of nitrogens with zero attached hydrogens (tertiary/aromatic N) is 2. The highest BCUT2D eigenvalue weighted by molar-refractivity contribution is 5.89. The van der Waals surface area contributed by atoms with Crippen molar-refractivity contribution >= 4 is 5.78 Å². The lowest BCUT2D eigenvalue weighted by atomic mass is 9.52. The second-order valence-corrected chi connectivity index (χ2v) is 14.0. The van der Waals surface area contributed by atoms with Gasteiger partial charge >= 0.3 is 0 Å². The number of rotatable bonds is 0. The highest BCUT2D eigenvalue weighted by Crippen LogP contribution is 2.64. The fourth-order valence-electron chi connectivity index (χ4n) is 10.8. The summed E-state index contributed by atoms with van der Waals surface area (Å²) in [5.74, 6) is 2.68. The number of piperidine rings is 2. The van der Waals surface area contributed by atoms with Crippen LogP contribution >= 0.6 is 0 Å². The number of aromatic hydroxyl groups is 2. The van der Waals surface area contributed by atoms with Crippen LogP contribution in [0.3, 0.4) is 0 Å². The molecule has 42 heavy (non-hydrogen) atoms. The van der Waals surface area contributed by atoms with Crippen molar-refractivity contribution in [2.24, 2.45) is 11.8 Å². The van der Waals surface area contributed by atoms with Crippen LogP contribution in [0.1, 0.15) is 47.9 Å². The highest BCUT2D eigenvalue weighted by atomic mass is 16.5. The molecule has 0 radical (unpaired) electrons. The zero-order valence-corrected chi connectivity index (χ0v) is 24.1. The Labute approximate surface area is 245 Å². The van der Waals surface area contributed by atoms with Gasteiger partial charge in [-0.15, -0.1) is 0 Å². The number of hydrogen-bond acceptors (Lipinski definition) is 8. The molecule has 3 fully saturated rings. The summed E-state index contributed by atoms with van der Waals surface area (Å²) in [6.07, 6.45) is 8.36. The van der Waals surface area contributed by atoms with Gasteiger partial charge in [0.15, 0.2) is 34.9 Å². The van der Waals surface area contributed by atoms with Crippen molar-refractivity contribution in [1.29, 1.82) is 0 Å². The minimum absolute atomic E-state index is 0.160. The van der Waals surface area contributed by atoms with E-state index in [1.165, 1.54) is 16.7 Å². The summed E-state index contributed by atoms with van der Waals surface area (Å²) in [4.78, 5) is 17.4. The van der Waals surface area contributed by atoms with Gasteiger partial charge in [0.05, 0.1) is 0 Å². The van der Waals surface area contributed by atoms with Crippen LogP contribution in [-0.2, 0) is 28.5 Å². The Bertz CT molecular complexity index is 1560. The lowest BCUT2D eigenvalue weighted by Crippen LogP contribution is -2.65. The minimum Gasteiger partial charge on any atom is -0.504 e. The number of Topliss-reactive ketones (excluding diaryl/α,β-unsaturated/α-hetero) is 1. The van der Waals surface area contributed by atoms with Crippen molar-refractivity contribution in [1.82, 2.24) is 9.80 Å². The van der Waals surface area contributed by atoms with Crippen molar-refractivity contribution in [3.05, 3.63) is 58.7 Å². The van der Waals surface area contributed by atoms with Crippen LogP contribution in [0.5, 0.6) is 23.0 Å². The molecule has 4 aliphatic heterocycles. The maximum Gasteiger partial charge on any atom is 0.174 e.